The molecule has 2 rings (SSSR count). The molecule has 0 saturated heterocycles. The number of hydrogen-bond acceptors (Lipinski definition) is 7. The summed E-state index contributed by atoms with van der Waals surface area (Å²) >= 11 is 0. The van der Waals surface area contributed by atoms with E-state index in [9.17, 15) is 20.2 Å². The van der Waals surface area contributed by atoms with Gasteiger partial charge in [-0.05, 0) is 6.07 Å². The van der Waals surface area contributed by atoms with E-state index in [-0.39, 0.29) is 28.5 Å². The minimum absolute atomic E-state index is 0.102. The normalized spacial score (nSPS) is 16.9. The van der Waals surface area contributed by atoms with Crippen molar-refractivity contribution >= 4 is 5.69 Å². The van der Waals surface area contributed by atoms with Gasteiger partial charge in [-0.25, -0.2) is 0 Å². The van der Waals surface area contributed by atoms with Crippen molar-refractivity contribution in [2.24, 2.45) is 5.73 Å². The van der Waals surface area contributed by atoms with E-state index in [2.05, 4.69) is 0 Å². The summed E-state index contributed by atoms with van der Waals surface area (Å²) in [5.41, 5.74) is 5.42. The largest absolute Gasteiger partial charge is 0.440 e. The SMILES string of the molecule is N#CC1=C(N)Oc2ccc([N+](=O)[O-])cc2[C@@H]1C[N+](=O)[O-]. The molecule has 0 unspecified atom stereocenters. The predicted octanol–water partition coefficient (Wildman–Crippen LogP) is 1.04. The molecule has 20 heavy (non-hydrogen) atoms. The number of nitrogens with zero attached hydrogens (tertiary/aromatic N) is 3. The maximum atomic E-state index is 10.8. The fraction of sp³-hybridized carbons (Fsp3) is 0.182. The van der Waals surface area contributed by atoms with E-state index in [0.29, 0.717) is 0 Å². The number of nitriles is 1. The van der Waals surface area contributed by atoms with Crippen LogP contribution < -0.4 is 10.5 Å². The molecule has 1 atom stereocenters. The number of nitro benzene ring substituents is 1. The highest BCUT2D eigenvalue weighted by Crippen LogP contribution is 2.39. The molecule has 102 valence electrons. The summed E-state index contributed by atoms with van der Waals surface area (Å²) < 4.78 is 5.17. The van der Waals surface area contributed by atoms with Gasteiger partial charge in [0.1, 0.15) is 17.4 Å². The van der Waals surface area contributed by atoms with Gasteiger partial charge in [-0.3, -0.25) is 20.2 Å². The van der Waals surface area contributed by atoms with Gasteiger partial charge in [0.2, 0.25) is 12.4 Å². The molecular formula is C11H8N4O5. The molecular weight excluding hydrogens is 268 g/mol. The third-order valence-corrected chi connectivity index (χ3v) is 2.87. The molecule has 9 nitrogen and oxygen atoms in total. The second-order valence-corrected chi connectivity index (χ2v) is 4.04. The van der Waals surface area contributed by atoms with Crippen LogP contribution >= 0.6 is 0 Å². The smallest absolute Gasteiger partial charge is 0.270 e. The number of benzene rings is 1. The highest BCUT2D eigenvalue weighted by molar-refractivity contribution is 5.53. The zero-order chi connectivity index (χ0) is 14.9. The van der Waals surface area contributed by atoms with E-state index in [1.165, 1.54) is 12.1 Å². The standard InChI is InChI=1S/C11H8N4O5/c12-4-8-9(5-14(16)17)7-3-6(15(18)19)1-2-10(7)20-11(8)13/h1-3,9H,5,13H2/t9-/m0/s1. The number of nitro groups is 2. The number of hydrogen-bond donors (Lipinski definition) is 1. The zero-order valence-electron chi connectivity index (χ0n) is 9.98. The molecule has 1 aliphatic rings. The van der Waals surface area contributed by atoms with E-state index in [1.54, 1.807) is 6.07 Å². The Hall–Kier alpha value is -3.15. The van der Waals surface area contributed by atoms with E-state index in [0.717, 1.165) is 6.07 Å². The molecule has 0 spiro atoms. The topological polar surface area (TPSA) is 145 Å². The molecule has 0 aliphatic carbocycles. The van der Waals surface area contributed by atoms with Crippen molar-refractivity contribution < 1.29 is 14.6 Å². The third-order valence-electron chi connectivity index (χ3n) is 2.87. The van der Waals surface area contributed by atoms with Gasteiger partial charge in [0, 0.05) is 22.6 Å². The van der Waals surface area contributed by atoms with Crippen LogP contribution in [0.5, 0.6) is 5.75 Å². The van der Waals surface area contributed by atoms with E-state index < -0.39 is 22.3 Å². The van der Waals surface area contributed by atoms with Crippen molar-refractivity contribution in [2.75, 3.05) is 6.54 Å². The first kappa shape index (κ1) is 13.3. The molecule has 2 N–H and O–H groups in total. The van der Waals surface area contributed by atoms with Crippen molar-refractivity contribution in [1.82, 2.24) is 0 Å². The summed E-state index contributed by atoms with van der Waals surface area (Å²) in [5, 5.41) is 30.5. The van der Waals surface area contributed by atoms with Crippen LogP contribution in [0.25, 0.3) is 0 Å². The van der Waals surface area contributed by atoms with Gasteiger partial charge in [0.05, 0.1) is 10.8 Å². The number of rotatable bonds is 3. The van der Waals surface area contributed by atoms with Gasteiger partial charge in [0.15, 0.2) is 0 Å². The maximum absolute atomic E-state index is 10.8. The first-order valence-corrected chi connectivity index (χ1v) is 5.41. The number of fused-ring (bicyclic) bond motifs is 1. The Morgan fingerprint density at radius 2 is 2.10 bits per heavy atom. The Balaban J connectivity index is 2.58. The van der Waals surface area contributed by atoms with Gasteiger partial charge in [-0.15, -0.1) is 0 Å². The highest BCUT2D eigenvalue weighted by Gasteiger charge is 2.34. The molecule has 0 saturated carbocycles. The summed E-state index contributed by atoms with van der Waals surface area (Å²) in [6.45, 7) is -0.596. The van der Waals surface area contributed by atoms with Gasteiger partial charge in [-0.2, -0.15) is 5.26 Å². The highest BCUT2D eigenvalue weighted by atomic mass is 16.6. The summed E-state index contributed by atoms with van der Waals surface area (Å²) in [4.78, 5) is 20.2. The second kappa shape index (κ2) is 4.85. The molecule has 0 radical (unpaired) electrons. The minimum atomic E-state index is -0.960. The number of ether oxygens (including phenoxy) is 1. The molecule has 9 heteroatoms. The Kier molecular flexibility index (Phi) is 3.22. The van der Waals surface area contributed by atoms with Gasteiger partial charge < -0.3 is 10.5 Å². The lowest BCUT2D eigenvalue weighted by molar-refractivity contribution is -0.482. The van der Waals surface area contributed by atoms with Crippen LogP contribution in [0.2, 0.25) is 0 Å². The van der Waals surface area contributed by atoms with Crippen molar-refractivity contribution in [1.29, 1.82) is 5.26 Å². The van der Waals surface area contributed by atoms with Crippen molar-refractivity contribution in [3.05, 3.63) is 55.4 Å². The van der Waals surface area contributed by atoms with Crippen molar-refractivity contribution in [3.8, 4) is 11.8 Å². The molecule has 1 aromatic rings. The molecule has 1 aromatic carbocycles. The van der Waals surface area contributed by atoms with Crippen LogP contribution in [-0.2, 0) is 0 Å². The summed E-state index contributed by atoms with van der Waals surface area (Å²) in [5.74, 6) is -1.00. The maximum Gasteiger partial charge on any atom is 0.270 e. The average molecular weight is 276 g/mol. The molecule has 0 amide bonds. The van der Waals surface area contributed by atoms with Gasteiger partial charge >= 0.3 is 0 Å². The molecule has 1 aliphatic heterocycles. The predicted molar refractivity (Wildman–Crippen MR) is 65.2 cm³/mol. The number of non-ortho nitro benzene ring substituents is 1. The first-order chi connectivity index (χ1) is 9.43. The van der Waals surface area contributed by atoms with Gasteiger partial charge in [0.25, 0.3) is 5.69 Å². The van der Waals surface area contributed by atoms with Crippen LogP contribution in [0.1, 0.15) is 11.5 Å². The number of nitrogens with two attached hydrogens (primary N) is 1. The first-order valence-electron chi connectivity index (χ1n) is 5.41. The Morgan fingerprint density at radius 1 is 1.40 bits per heavy atom. The zero-order valence-corrected chi connectivity index (χ0v) is 9.98. The Labute approximate surface area is 112 Å². The lowest BCUT2D eigenvalue weighted by Gasteiger charge is -2.23. The lowest BCUT2D eigenvalue weighted by Crippen LogP contribution is -2.24. The molecule has 0 aromatic heterocycles. The molecule has 0 fully saturated rings. The van der Waals surface area contributed by atoms with Crippen LogP contribution in [0.3, 0.4) is 0 Å². The summed E-state index contributed by atoms with van der Waals surface area (Å²) in [6.07, 6.45) is 0. The van der Waals surface area contributed by atoms with Crippen LogP contribution in [-0.4, -0.2) is 16.4 Å². The third kappa shape index (κ3) is 2.22. The molecule has 1 heterocycles. The van der Waals surface area contributed by atoms with Crippen LogP contribution in [0, 0.1) is 31.6 Å². The monoisotopic (exact) mass is 276 g/mol. The quantitative estimate of drug-likeness (QED) is 0.640. The van der Waals surface area contributed by atoms with E-state index in [4.69, 9.17) is 15.7 Å². The van der Waals surface area contributed by atoms with E-state index in [1.807, 2.05) is 0 Å². The summed E-state index contributed by atoms with van der Waals surface area (Å²) in [6, 6.07) is 5.42. The Bertz CT molecular complexity index is 676. The summed E-state index contributed by atoms with van der Waals surface area (Å²) in [7, 11) is 0. The lowest BCUT2D eigenvalue weighted by atomic mass is 9.89. The fourth-order valence-corrected chi connectivity index (χ4v) is 1.99. The van der Waals surface area contributed by atoms with Crippen molar-refractivity contribution in [2.45, 2.75) is 5.92 Å². The molecule has 0 bridgehead atoms. The van der Waals surface area contributed by atoms with E-state index >= 15 is 0 Å². The average Bonchev–Trinajstić information content (AvgIpc) is 2.37. The minimum Gasteiger partial charge on any atom is -0.440 e. The second-order valence-electron chi connectivity index (χ2n) is 4.04. The van der Waals surface area contributed by atoms with Crippen molar-refractivity contribution in [3.63, 3.8) is 0 Å². The Morgan fingerprint density at radius 3 is 2.65 bits per heavy atom. The van der Waals surface area contributed by atoms with Crippen LogP contribution in [0.4, 0.5) is 5.69 Å². The van der Waals surface area contributed by atoms with Crippen LogP contribution in [0.15, 0.2) is 29.7 Å². The fourth-order valence-electron chi connectivity index (χ4n) is 1.99. The van der Waals surface area contributed by atoms with Gasteiger partial charge in [-0.1, -0.05) is 0 Å².